The van der Waals surface area contributed by atoms with Crippen LogP contribution < -0.4 is 5.32 Å². The number of fused-ring (bicyclic) bond motifs is 1. The van der Waals surface area contributed by atoms with E-state index in [-0.39, 0.29) is 29.8 Å². The van der Waals surface area contributed by atoms with Crippen LogP contribution in [0.5, 0.6) is 0 Å². The number of hydrogen-bond donors (Lipinski definition) is 2. The van der Waals surface area contributed by atoms with E-state index in [0.717, 1.165) is 23.2 Å². The summed E-state index contributed by atoms with van der Waals surface area (Å²) in [6, 6.07) is 5.57. The lowest BCUT2D eigenvalue weighted by Gasteiger charge is -2.46. The fourth-order valence-corrected chi connectivity index (χ4v) is 5.63. The maximum Gasteiger partial charge on any atom is 0.432 e. The summed E-state index contributed by atoms with van der Waals surface area (Å²) >= 11 is 0. The Bertz CT molecular complexity index is 1610. The lowest BCUT2D eigenvalue weighted by molar-refractivity contribution is -0.160. The van der Waals surface area contributed by atoms with Crippen LogP contribution in [0.3, 0.4) is 0 Å². The number of amides is 2. The molecule has 7 nitrogen and oxygen atoms in total. The molecule has 2 unspecified atom stereocenters. The van der Waals surface area contributed by atoms with Gasteiger partial charge < -0.3 is 10.4 Å². The van der Waals surface area contributed by atoms with Gasteiger partial charge in [-0.15, -0.1) is 0 Å². The minimum absolute atomic E-state index is 0.207. The third kappa shape index (κ3) is 5.55. The standard InChI is InChI=1S/C29H24F8N4O3/c1-27-10-3-11-41(27)40(14-16-4-2-5-19(30)23(16)31)26(44)22(24(27)42)25(43)39-20-8-7-17(28(32,33)34)12-18(20)15-6-9-21(38-13-15)29(35,36)37/h2,4-9,12,15,42H,3,10-11,13-14H2,1H3,(H,39,43). The van der Waals surface area contributed by atoms with E-state index in [1.807, 2.05) is 0 Å². The summed E-state index contributed by atoms with van der Waals surface area (Å²) in [5.74, 6) is -6.40. The lowest BCUT2D eigenvalue weighted by atomic mass is 9.90. The highest BCUT2D eigenvalue weighted by atomic mass is 19.4. The van der Waals surface area contributed by atoms with Crippen LogP contribution in [-0.4, -0.2) is 57.5 Å². The van der Waals surface area contributed by atoms with Gasteiger partial charge in [-0.05, 0) is 55.7 Å². The Kier molecular flexibility index (Phi) is 7.81. The summed E-state index contributed by atoms with van der Waals surface area (Å²) < 4.78 is 108. The van der Waals surface area contributed by atoms with Gasteiger partial charge in [-0.2, -0.15) is 26.3 Å². The molecule has 2 atom stereocenters. The zero-order valence-electron chi connectivity index (χ0n) is 22.9. The van der Waals surface area contributed by atoms with Crippen molar-refractivity contribution in [3.05, 3.63) is 88.2 Å². The van der Waals surface area contributed by atoms with Gasteiger partial charge in [-0.3, -0.25) is 19.6 Å². The lowest BCUT2D eigenvalue weighted by Crippen LogP contribution is -2.60. The Labute approximate surface area is 245 Å². The summed E-state index contributed by atoms with van der Waals surface area (Å²) in [4.78, 5) is 30.7. The first-order valence-corrected chi connectivity index (χ1v) is 13.3. The number of allylic oxidation sites excluding steroid dienone is 1. The van der Waals surface area contributed by atoms with E-state index in [2.05, 4.69) is 10.3 Å². The third-order valence-corrected chi connectivity index (χ3v) is 7.93. The first kappa shape index (κ1) is 31.2. The van der Waals surface area contributed by atoms with E-state index in [1.54, 1.807) is 0 Å². The second-order valence-electron chi connectivity index (χ2n) is 10.7. The van der Waals surface area contributed by atoms with E-state index in [1.165, 1.54) is 24.1 Å². The molecule has 0 aromatic heterocycles. The highest BCUT2D eigenvalue weighted by Crippen LogP contribution is 2.42. The van der Waals surface area contributed by atoms with Gasteiger partial charge in [0.1, 0.15) is 17.0 Å². The zero-order chi connectivity index (χ0) is 32.2. The first-order chi connectivity index (χ1) is 20.5. The number of aliphatic hydroxyl groups is 1. The minimum atomic E-state index is -4.83. The molecule has 2 aromatic rings. The van der Waals surface area contributed by atoms with E-state index in [4.69, 9.17) is 0 Å². The molecule has 0 aliphatic carbocycles. The van der Waals surface area contributed by atoms with Gasteiger partial charge in [0.25, 0.3) is 11.8 Å². The average molecular weight is 629 g/mol. The van der Waals surface area contributed by atoms with E-state index >= 15 is 0 Å². The van der Waals surface area contributed by atoms with Crippen molar-refractivity contribution < 1.29 is 49.8 Å². The number of aliphatic imine (C=N–C) groups is 1. The Morgan fingerprint density at radius 2 is 1.84 bits per heavy atom. The van der Waals surface area contributed by atoms with Crippen LogP contribution in [0.15, 0.2) is 64.9 Å². The summed E-state index contributed by atoms with van der Waals surface area (Å²) in [5, 5.41) is 16.0. The van der Waals surface area contributed by atoms with Crippen LogP contribution in [0.1, 0.15) is 42.4 Å². The monoisotopic (exact) mass is 628 g/mol. The van der Waals surface area contributed by atoms with Crippen molar-refractivity contribution in [2.45, 2.75) is 50.1 Å². The van der Waals surface area contributed by atoms with Crippen LogP contribution >= 0.6 is 0 Å². The SMILES string of the molecule is CC12CCCN1N(Cc1cccc(F)c1F)C(=O)C(C(=O)Nc1ccc(C(F)(F)F)cc1C1C=CC(C(F)(F)F)=NC1)=C2O. The number of anilines is 1. The molecule has 2 amide bonds. The number of carbonyl (C=O) groups is 2. The van der Waals surface area contributed by atoms with Crippen LogP contribution in [0.2, 0.25) is 0 Å². The van der Waals surface area contributed by atoms with Crippen LogP contribution in [0.4, 0.5) is 40.8 Å². The number of aliphatic hydroxyl groups excluding tert-OH is 1. The number of alkyl halides is 6. The number of carbonyl (C=O) groups excluding carboxylic acids is 2. The molecule has 3 heterocycles. The predicted octanol–water partition coefficient (Wildman–Crippen LogP) is 6.20. The van der Waals surface area contributed by atoms with Crippen molar-refractivity contribution >= 4 is 23.2 Å². The molecule has 2 aromatic carbocycles. The summed E-state index contributed by atoms with van der Waals surface area (Å²) in [6.45, 7) is 0.689. The smallest absolute Gasteiger partial charge is 0.432 e. The molecule has 0 bridgehead atoms. The third-order valence-electron chi connectivity index (χ3n) is 7.93. The normalized spacial score (nSPS) is 22.8. The molecule has 0 spiro atoms. The number of dihydropyridines is 1. The molecule has 2 N–H and O–H groups in total. The second kappa shape index (κ2) is 11.0. The molecule has 15 heteroatoms. The largest absolute Gasteiger partial charge is 0.509 e. The number of benzene rings is 2. The number of hydrogen-bond acceptors (Lipinski definition) is 5. The quantitative estimate of drug-likeness (QED) is 0.305. The molecular weight excluding hydrogens is 604 g/mol. The number of halogens is 8. The van der Waals surface area contributed by atoms with Crippen LogP contribution in [0.25, 0.3) is 0 Å². The molecule has 0 saturated carbocycles. The van der Waals surface area contributed by atoms with Gasteiger partial charge in [0, 0.05) is 23.7 Å². The first-order valence-electron chi connectivity index (χ1n) is 13.3. The number of hydrazine groups is 1. The topological polar surface area (TPSA) is 85.2 Å². The van der Waals surface area contributed by atoms with Crippen molar-refractivity contribution in [1.29, 1.82) is 0 Å². The van der Waals surface area contributed by atoms with E-state index in [9.17, 15) is 49.8 Å². The molecule has 234 valence electrons. The van der Waals surface area contributed by atoms with Crippen molar-refractivity contribution in [2.24, 2.45) is 4.99 Å². The van der Waals surface area contributed by atoms with E-state index < -0.39 is 83.0 Å². The minimum Gasteiger partial charge on any atom is -0.509 e. The van der Waals surface area contributed by atoms with Gasteiger partial charge in [0.2, 0.25) is 0 Å². The average Bonchev–Trinajstić information content (AvgIpc) is 3.35. The van der Waals surface area contributed by atoms with Crippen molar-refractivity contribution in [1.82, 2.24) is 10.0 Å². The molecular formula is C29H24F8N4O3. The Hall–Kier alpha value is -4.27. The molecule has 1 saturated heterocycles. The molecule has 0 radical (unpaired) electrons. The Morgan fingerprint density at radius 3 is 2.48 bits per heavy atom. The number of nitrogens with one attached hydrogen (secondary N) is 1. The van der Waals surface area contributed by atoms with Gasteiger partial charge in [0.05, 0.1) is 24.2 Å². The highest BCUT2D eigenvalue weighted by molar-refractivity contribution is 6.23. The number of nitrogens with zero attached hydrogens (tertiary/aromatic N) is 3. The molecule has 5 rings (SSSR count). The molecule has 1 fully saturated rings. The molecule has 3 aliphatic heterocycles. The van der Waals surface area contributed by atoms with Crippen molar-refractivity contribution in [2.75, 3.05) is 18.4 Å². The Morgan fingerprint density at radius 1 is 1.11 bits per heavy atom. The van der Waals surface area contributed by atoms with E-state index in [0.29, 0.717) is 24.6 Å². The van der Waals surface area contributed by atoms with Gasteiger partial charge in [0.15, 0.2) is 11.6 Å². The maximum atomic E-state index is 14.5. The fraction of sp³-hybridized carbons (Fsp3) is 0.345. The highest BCUT2D eigenvalue weighted by Gasteiger charge is 2.53. The predicted molar refractivity (Wildman–Crippen MR) is 141 cm³/mol. The Balaban J connectivity index is 1.51. The summed E-state index contributed by atoms with van der Waals surface area (Å²) in [5.41, 5.74) is -5.15. The van der Waals surface area contributed by atoms with Gasteiger partial charge in [-0.1, -0.05) is 18.2 Å². The molecule has 44 heavy (non-hydrogen) atoms. The van der Waals surface area contributed by atoms with Crippen LogP contribution in [0, 0.1) is 11.6 Å². The maximum absolute atomic E-state index is 14.5. The van der Waals surface area contributed by atoms with Crippen molar-refractivity contribution in [3.63, 3.8) is 0 Å². The van der Waals surface area contributed by atoms with Crippen LogP contribution in [-0.2, 0) is 22.3 Å². The van der Waals surface area contributed by atoms with Crippen molar-refractivity contribution in [3.8, 4) is 0 Å². The van der Waals surface area contributed by atoms with Gasteiger partial charge >= 0.3 is 12.4 Å². The summed E-state index contributed by atoms with van der Waals surface area (Å²) in [6.07, 6.45) is -7.24. The number of rotatable bonds is 5. The summed E-state index contributed by atoms with van der Waals surface area (Å²) in [7, 11) is 0. The molecule has 3 aliphatic rings. The van der Waals surface area contributed by atoms with Gasteiger partial charge in [-0.25, -0.2) is 13.8 Å². The second-order valence-corrected chi connectivity index (χ2v) is 10.7. The fourth-order valence-electron chi connectivity index (χ4n) is 5.63. The zero-order valence-corrected chi connectivity index (χ0v) is 22.9.